The summed E-state index contributed by atoms with van der Waals surface area (Å²) in [6.45, 7) is 0. The van der Waals surface area contributed by atoms with Crippen molar-refractivity contribution in [1.82, 2.24) is 10.9 Å². The maximum atomic E-state index is 12.8. The average molecular weight is 488 g/mol. The van der Waals surface area contributed by atoms with Crippen LogP contribution in [0.1, 0.15) is 26.3 Å². The first-order chi connectivity index (χ1) is 15.2. The Labute approximate surface area is 194 Å². The number of hydrazine groups is 1. The highest BCUT2D eigenvalue weighted by molar-refractivity contribution is 7.92. The van der Waals surface area contributed by atoms with E-state index in [0.29, 0.717) is 21.8 Å². The smallest absolute Gasteiger partial charge is 0.269 e. The molecule has 10 heteroatoms. The van der Waals surface area contributed by atoms with Gasteiger partial charge in [-0.05, 0) is 36.4 Å². The fourth-order valence-electron chi connectivity index (χ4n) is 3.10. The van der Waals surface area contributed by atoms with E-state index in [0.717, 1.165) is 0 Å². The van der Waals surface area contributed by atoms with Crippen molar-refractivity contribution in [2.75, 3.05) is 4.72 Å². The highest BCUT2D eigenvalue weighted by Gasteiger charge is 2.22. The van der Waals surface area contributed by atoms with Crippen molar-refractivity contribution in [1.29, 1.82) is 0 Å². The lowest BCUT2D eigenvalue weighted by molar-refractivity contribution is 0.0941. The van der Waals surface area contributed by atoms with E-state index in [9.17, 15) is 18.0 Å². The van der Waals surface area contributed by atoms with Crippen LogP contribution in [0.4, 0.5) is 5.69 Å². The first-order valence-corrected chi connectivity index (χ1v) is 11.5. The van der Waals surface area contributed by atoms with Crippen LogP contribution < -0.4 is 15.6 Å². The van der Waals surface area contributed by atoms with Crippen LogP contribution in [0.15, 0.2) is 77.7 Å². The lowest BCUT2D eigenvalue weighted by Crippen LogP contribution is -2.36. The Kier molecular flexibility index (Phi) is 5.92. The van der Waals surface area contributed by atoms with E-state index in [1.807, 2.05) is 0 Å². The van der Waals surface area contributed by atoms with Crippen molar-refractivity contribution in [3.63, 3.8) is 0 Å². The first-order valence-electron chi connectivity index (χ1n) is 9.24. The van der Waals surface area contributed by atoms with Crippen LogP contribution in [0.5, 0.6) is 0 Å². The van der Waals surface area contributed by atoms with Crippen molar-refractivity contribution in [3.05, 3.63) is 99.5 Å². The highest BCUT2D eigenvalue weighted by Crippen LogP contribution is 2.28. The van der Waals surface area contributed by atoms with Gasteiger partial charge < -0.3 is 0 Å². The van der Waals surface area contributed by atoms with Gasteiger partial charge in [0.05, 0.1) is 21.3 Å². The van der Waals surface area contributed by atoms with E-state index in [4.69, 9.17) is 23.2 Å². The first kappa shape index (κ1) is 21.9. The average Bonchev–Trinajstić information content (AvgIpc) is 3.10. The van der Waals surface area contributed by atoms with Gasteiger partial charge in [-0.1, -0.05) is 53.5 Å². The summed E-state index contributed by atoms with van der Waals surface area (Å²) in [6.07, 6.45) is 1.38. The Hall–Kier alpha value is -3.33. The molecule has 0 saturated heterocycles. The molecule has 0 radical (unpaired) electrons. The molecule has 0 heterocycles. The summed E-state index contributed by atoms with van der Waals surface area (Å²) in [5.74, 6) is -0.753. The van der Waals surface area contributed by atoms with Crippen LogP contribution in [-0.2, 0) is 10.0 Å². The number of nitrogens with one attached hydrogen (secondary N) is 3. The van der Waals surface area contributed by atoms with Gasteiger partial charge in [0, 0.05) is 27.8 Å². The van der Waals surface area contributed by atoms with Crippen LogP contribution in [-0.4, -0.2) is 20.1 Å². The summed E-state index contributed by atoms with van der Waals surface area (Å²) in [5.41, 5.74) is 7.06. The SMILES string of the molecule is O=C(NNC1=CC(=O)c2ccccc21)c1cccc(S(=O)(=O)Nc2cc(Cl)ccc2Cl)c1. The summed E-state index contributed by atoms with van der Waals surface area (Å²) in [6, 6.07) is 16.8. The second kappa shape index (κ2) is 8.66. The van der Waals surface area contributed by atoms with Crippen molar-refractivity contribution in [3.8, 4) is 0 Å². The number of hydrogen-bond acceptors (Lipinski definition) is 5. The number of carbonyl (C=O) groups excluding carboxylic acids is 2. The quantitative estimate of drug-likeness (QED) is 0.450. The van der Waals surface area contributed by atoms with E-state index in [-0.39, 0.29) is 27.0 Å². The van der Waals surface area contributed by atoms with E-state index in [2.05, 4.69) is 15.6 Å². The number of sulfonamides is 1. The van der Waals surface area contributed by atoms with Crippen molar-refractivity contribution >= 4 is 56.3 Å². The summed E-state index contributed by atoms with van der Waals surface area (Å²) >= 11 is 11.9. The summed E-state index contributed by atoms with van der Waals surface area (Å²) in [5, 5.41) is 0.489. The van der Waals surface area contributed by atoms with Gasteiger partial charge in [-0.15, -0.1) is 0 Å². The minimum absolute atomic E-state index is 0.0933. The number of benzene rings is 3. The number of halogens is 2. The molecule has 3 aromatic rings. The molecule has 3 aromatic carbocycles. The third kappa shape index (κ3) is 4.47. The number of fused-ring (bicyclic) bond motifs is 1. The second-order valence-electron chi connectivity index (χ2n) is 6.80. The molecule has 0 saturated carbocycles. The maximum Gasteiger partial charge on any atom is 0.269 e. The number of rotatable bonds is 6. The zero-order valence-electron chi connectivity index (χ0n) is 16.2. The van der Waals surface area contributed by atoms with Gasteiger partial charge in [0.15, 0.2) is 5.78 Å². The molecule has 3 N–H and O–H groups in total. The zero-order valence-corrected chi connectivity index (χ0v) is 18.6. The van der Waals surface area contributed by atoms with Gasteiger partial charge in [0.25, 0.3) is 15.9 Å². The van der Waals surface area contributed by atoms with Gasteiger partial charge in [0.2, 0.25) is 0 Å². The molecule has 1 aliphatic rings. The summed E-state index contributed by atoms with van der Waals surface area (Å²) in [7, 11) is -4.04. The Morgan fingerprint density at radius 2 is 1.62 bits per heavy atom. The van der Waals surface area contributed by atoms with Gasteiger partial charge in [-0.3, -0.25) is 25.2 Å². The second-order valence-corrected chi connectivity index (χ2v) is 9.33. The molecule has 0 spiro atoms. The summed E-state index contributed by atoms with van der Waals surface area (Å²) < 4.78 is 27.9. The molecule has 0 bridgehead atoms. The number of ketones is 1. The molecule has 0 fully saturated rings. The third-order valence-corrected chi connectivity index (χ3v) is 6.58. The Morgan fingerprint density at radius 3 is 2.41 bits per heavy atom. The highest BCUT2D eigenvalue weighted by atomic mass is 35.5. The minimum atomic E-state index is -4.04. The Morgan fingerprint density at radius 1 is 0.875 bits per heavy atom. The molecule has 162 valence electrons. The Bertz CT molecular complexity index is 1390. The number of allylic oxidation sites excluding steroid dienone is 1. The lowest BCUT2D eigenvalue weighted by Gasteiger charge is -2.12. The molecule has 7 nitrogen and oxygen atoms in total. The molecule has 0 aliphatic heterocycles. The molecule has 0 aromatic heterocycles. The van der Waals surface area contributed by atoms with Crippen molar-refractivity contribution in [2.24, 2.45) is 0 Å². The van der Waals surface area contributed by atoms with Gasteiger partial charge >= 0.3 is 0 Å². The number of hydrogen-bond donors (Lipinski definition) is 3. The molecule has 1 aliphatic carbocycles. The predicted molar refractivity (Wildman–Crippen MR) is 123 cm³/mol. The Balaban J connectivity index is 1.50. The normalized spacial score (nSPS) is 12.7. The standard InChI is InChI=1S/C22H15Cl2N3O4S/c23-14-8-9-18(24)20(11-14)27-32(30,31)15-5-3-4-13(10-15)22(29)26-25-19-12-21(28)17-7-2-1-6-16(17)19/h1-12,25,27H,(H,26,29). The van der Waals surface area contributed by atoms with Crippen molar-refractivity contribution in [2.45, 2.75) is 4.90 Å². The van der Waals surface area contributed by atoms with Gasteiger partial charge in [-0.2, -0.15) is 0 Å². The monoisotopic (exact) mass is 487 g/mol. The third-order valence-electron chi connectivity index (χ3n) is 4.65. The molecule has 0 atom stereocenters. The lowest BCUT2D eigenvalue weighted by atomic mass is 10.1. The fraction of sp³-hybridized carbons (Fsp3) is 0. The topological polar surface area (TPSA) is 104 Å². The van der Waals surface area contributed by atoms with E-state index < -0.39 is 15.9 Å². The van der Waals surface area contributed by atoms with Crippen LogP contribution in [0.25, 0.3) is 5.70 Å². The number of carbonyl (C=O) groups is 2. The van der Waals surface area contributed by atoms with Crippen LogP contribution >= 0.6 is 23.2 Å². The zero-order chi connectivity index (χ0) is 22.9. The van der Waals surface area contributed by atoms with Crippen LogP contribution in [0.3, 0.4) is 0 Å². The minimum Gasteiger partial charge on any atom is -0.298 e. The number of anilines is 1. The van der Waals surface area contributed by atoms with Gasteiger partial charge in [-0.25, -0.2) is 8.42 Å². The van der Waals surface area contributed by atoms with E-state index in [1.54, 1.807) is 24.3 Å². The van der Waals surface area contributed by atoms with Crippen LogP contribution in [0.2, 0.25) is 10.0 Å². The molecule has 1 amide bonds. The fourth-order valence-corrected chi connectivity index (χ4v) is 4.61. The largest absolute Gasteiger partial charge is 0.298 e. The molecular weight excluding hydrogens is 473 g/mol. The maximum absolute atomic E-state index is 12.8. The predicted octanol–water partition coefficient (Wildman–Crippen LogP) is 4.27. The van der Waals surface area contributed by atoms with E-state index in [1.165, 1.54) is 48.5 Å². The molecule has 4 rings (SSSR count). The summed E-state index contributed by atoms with van der Waals surface area (Å²) in [4.78, 5) is 24.5. The number of amides is 1. The molecular formula is C22H15Cl2N3O4S. The van der Waals surface area contributed by atoms with E-state index >= 15 is 0 Å². The van der Waals surface area contributed by atoms with Crippen LogP contribution in [0, 0.1) is 0 Å². The molecule has 0 unspecified atom stereocenters. The van der Waals surface area contributed by atoms with Gasteiger partial charge in [0.1, 0.15) is 0 Å². The molecule has 32 heavy (non-hydrogen) atoms. The van der Waals surface area contributed by atoms with Crippen molar-refractivity contribution < 1.29 is 18.0 Å².